The van der Waals surface area contributed by atoms with Crippen LogP contribution in [0.25, 0.3) is 0 Å². The van der Waals surface area contributed by atoms with Gasteiger partial charge in [-0.05, 0) is 114 Å². The number of rotatable bonds is 0. The maximum Gasteiger partial charge on any atom is 0.122 e. The lowest BCUT2D eigenvalue weighted by Gasteiger charge is -2.17. The van der Waals surface area contributed by atoms with Crippen molar-refractivity contribution in [1.82, 2.24) is 0 Å². The van der Waals surface area contributed by atoms with Crippen molar-refractivity contribution in [1.29, 1.82) is 0 Å². The summed E-state index contributed by atoms with van der Waals surface area (Å²) in [5.74, 6) is 0.716. The molecule has 5 rings (SSSR count). The summed E-state index contributed by atoms with van der Waals surface area (Å²) < 4.78 is 1.95. The molecule has 0 aliphatic heterocycles. The van der Waals surface area contributed by atoms with E-state index < -0.39 is 0 Å². The summed E-state index contributed by atoms with van der Waals surface area (Å²) in [7, 11) is 0. The molecule has 1 aliphatic rings. The van der Waals surface area contributed by atoms with Crippen LogP contribution >= 0.6 is 45.2 Å². The molecule has 0 fully saturated rings. The van der Waals surface area contributed by atoms with Crippen molar-refractivity contribution in [3.8, 4) is 23.0 Å². The lowest BCUT2D eigenvalue weighted by atomic mass is 9.91. The minimum Gasteiger partial charge on any atom is -0.507 e. The van der Waals surface area contributed by atoms with Gasteiger partial charge in [0.2, 0.25) is 0 Å². The van der Waals surface area contributed by atoms with Gasteiger partial charge in [-0.2, -0.15) is 0 Å². The lowest BCUT2D eigenvalue weighted by Crippen LogP contribution is -2.01. The lowest BCUT2D eigenvalue weighted by molar-refractivity contribution is 0.450. The van der Waals surface area contributed by atoms with Crippen LogP contribution in [0.3, 0.4) is 0 Å². The van der Waals surface area contributed by atoms with Crippen LogP contribution in [-0.2, 0) is 25.7 Å². The van der Waals surface area contributed by atoms with Crippen LogP contribution in [0.5, 0.6) is 23.0 Å². The van der Waals surface area contributed by atoms with E-state index in [1.54, 1.807) is 0 Å². The number of hydrogen-bond acceptors (Lipinski definition) is 4. The number of phenolic OH excluding ortho intramolecular Hbond substituents is 4. The number of fused-ring (bicyclic) bond motifs is 8. The van der Waals surface area contributed by atoms with Crippen LogP contribution < -0.4 is 0 Å². The molecule has 0 aromatic heterocycles. The van der Waals surface area contributed by atoms with Gasteiger partial charge >= 0.3 is 0 Å². The molecular weight excluding hydrogens is 654 g/mol. The van der Waals surface area contributed by atoms with E-state index in [0.29, 0.717) is 47.9 Å². The van der Waals surface area contributed by atoms with Gasteiger partial charge in [0.1, 0.15) is 23.0 Å². The maximum absolute atomic E-state index is 11.1. The van der Waals surface area contributed by atoms with Gasteiger partial charge < -0.3 is 20.4 Å². The van der Waals surface area contributed by atoms with Crippen molar-refractivity contribution in [2.45, 2.75) is 25.7 Å². The average Bonchev–Trinajstić information content (AvgIpc) is 2.79. The van der Waals surface area contributed by atoms with Gasteiger partial charge in [0.05, 0.1) is 0 Å². The zero-order valence-corrected chi connectivity index (χ0v) is 22.5. The van der Waals surface area contributed by atoms with Crippen molar-refractivity contribution in [2.24, 2.45) is 0 Å². The molecule has 4 N–H and O–H groups in total. The van der Waals surface area contributed by atoms with E-state index in [1.807, 2.05) is 60.7 Å². The second-order valence-electron chi connectivity index (χ2n) is 8.70. The molecule has 0 saturated carbocycles. The Kier molecular flexibility index (Phi) is 6.37. The smallest absolute Gasteiger partial charge is 0.122 e. The molecule has 4 aromatic carbocycles. The number of phenols is 4. The van der Waals surface area contributed by atoms with Crippen LogP contribution in [0.4, 0.5) is 0 Å². The largest absolute Gasteiger partial charge is 0.507 e. The number of para-hydroxylation sites is 2. The zero-order chi connectivity index (χ0) is 24.0. The Labute approximate surface area is 225 Å². The minimum atomic E-state index is 0.178. The molecule has 0 amide bonds. The third-order valence-electron chi connectivity index (χ3n) is 6.40. The summed E-state index contributed by atoms with van der Waals surface area (Å²) in [4.78, 5) is 0. The molecule has 0 atom stereocenters. The molecular formula is C28H22I2O4. The van der Waals surface area contributed by atoms with Gasteiger partial charge in [0, 0.05) is 32.8 Å². The SMILES string of the molecule is Oc1c2cccc1Cc1cc(I)cc(c1O)Cc1cccc(c1O)Cc1cc(I)cc(c1O)C2. The van der Waals surface area contributed by atoms with Crippen molar-refractivity contribution < 1.29 is 20.4 Å². The van der Waals surface area contributed by atoms with Gasteiger partial charge in [0.25, 0.3) is 0 Å². The van der Waals surface area contributed by atoms with Gasteiger partial charge in [-0.1, -0.05) is 36.4 Å². The summed E-state index contributed by atoms with van der Waals surface area (Å²) in [6, 6.07) is 18.9. The predicted molar refractivity (Wildman–Crippen MR) is 149 cm³/mol. The Morgan fingerprint density at radius 1 is 0.412 bits per heavy atom. The third-order valence-corrected chi connectivity index (χ3v) is 7.64. The summed E-state index contributed by atoms with van der Waals surface area (Å²) in [6.07, 6.45) is 1.46. The Bertz CT molecular complexity index is 1230. The molecule has 8 bridgehead atoms. The van der Waals surface area contributed by atoms with Crippen molar-refractivity contribution >= 4 is 45.2 Å². The average molecular weight is 676 g/mol. The van der Waals surface area contributed by atoms with Crippen molar-refractivity contribution in [3.05, 3.63) is 112 Å². The van der Waals surface area contributed by atoms with Gasteiger partial charge in [-0.3, -0.25) is 0 Å². The highest BCUT2D eigenvalue weighted by atomic mass is 127. The first kappa shape index (κ1) is 23.3. The fourth-order valence-electron chi connectivity index (χ4n) is 4.65. The number of benzene rings is 4. The first-order valence-electron chi connectivity index (χ1n) is 10.9. The van der Waals surface area contributed by atoms with Crippen LogP contribution in [0.2, 0.25) is 0 Å². The highest BCUT2D eigenvalue weighted by Crippen LogP contribution is 2.38. The quantitative estimate of drug-likeness (QED) is 0.143. The van der Waals surface area contributed by atoms with E-state index in [2.05, 4.69) is 45.2 Å². The minimum absolute atomic E-state index is 0.178. The summed E-state index contributed by atoms with van der Waals surface area (Å²) >= 11 is 4.46. The van der Waals surface area contributed by atoms with E-state index in [0.717, 1.165) is 29.4 Å². The Hall–Kier alpha value is -2.46. The van der Waals surface area contributed by atoms with Gasteiger partial charge in [-0.15, -0.1) is 0 Å². The normalized spacial score (nSPS) is 13.0. The second-order valence-corrected chi connectivity index (χ2v) is 11.2. The topological polar surface area (TPSA) is 80.9 Å². The molecule has 0 unspecified atom stereocenters. The van der Waals surface area contributed by atoms with Crippen molar-refractivity contribution in [3.63, 3.8) is 0 Å². The van der Waals surface area contributed by atoms with Gasteiger partial charge in [-0.25, -0.2) is 0 Å². The Morgan fingerprint density at radius 3 is 0.912 bits per heavy atom. The summed E-state index contributed by atoms with van der Waals surface area (Å²) in [6.45, 7) is 0. The van der Waals surface area contributed by atoms with E-state index in [1.165, 1.54) is 0 Å². The Morgan fingerprint density at radius 2 is 0.647 bits per heavy atom. The van der Waals surface area contributed by atoms with Crippen LogP contribution in [0, 0.1) is 7.14 Å². The summed E-state index contributed by atoms with van der Waals surface area (Å²) in [5, 5.41) is 44.4. The molecule has 4 aromatic rings. The Balaban J connectivity index is 1.75. The highest BCUT2D eigenvalue weighted by molar-refractivity contribution is 14.1. The first-order valence-corrected chi connectivity index (χ1v) is 13.1. The van der Waals surface area contributed by atoms with E-state index in [-0.39, 0.29) is 23.0 Å². The van der Waals surface area contributed by atoms with Crippen LogP contribution in [-0.4, -0.2) is 20.4 Å². The third kappa shape index (κ3) is 4.45. The molecule has 0 radical (unpaired) electrons. The molecule has 172 valence electrons. The van der Waals surface area contributed by atoms with E-state index in [9.17, 15) is 20.4 Å². The zero-order valence-electron chi connectivity index (χ0n) is 18.1. The van der Waals surface area contributed by atoms with E-state index in [4.69, 9.17) is 0 Å². The van der Waals surface area contributed by atoms with E-state index >= 15 is 0 Å². The standard InChI is InChI=1S/C28H22I2O4/c29-23-11-19-7-15-3-1-4-16(25(15)31)8-20-12-24(30)14-22(28(20)34)10-18-6-2-5-17(26(18)32)9-21(13-23)27(19)33/h1-6,11-14,31-34H,7-10H2. The maximum atomic E-state index is 11.1. The molecule has 0 saturated heterocycles. The highest BCUT2D eigenvalue weighted by Gasteiger charge is 2.19. The van der Waals surface area contributed by atoms with Gasteiger partial charge in [0.15, 0.2) is 0 Å². The van der Waals surface area contributed by atoms with Crippen LogP contribution in [0.1, 0.15) is 44.5 Å². The molecule has 0 heterocycles. The molecule has 1 aliphatic carbocycles. The second kappa shape index (κ2) is 9.30. The molecule has 4 nitrogen and oxygen atoms in total. The molecule has 34 heavy (non-hydrogen) atoms. The fraction of sp³-hybridized carbons (Fsp3) is 0.143. The molecule has 6 heteroatoms. The fourth-order valence-corrected chi connectivity index (χ4v) is 6.16. The number of hydrogen-bond donors (Lipinski definition) is 4. The van der Waals surface area contributed by atoms with Crippen LogP contribution in [0.15, 0.2) is 60.7 Å². The predicted octanol–water partition coefficient (Wildman–Crippen LogP) is 6.39. The molecule has 0 spiro atoms. The first-order chi connectivity index (χ1) is 16.3. The number of halogens is 2. The number of aromatic hydroxyl groups is 4. The van der Waals surface area contributed by atoms with Crippen molar-refractivity contribution in [2.75, 3.05) is 0 Å². The summed E-state index contributed by atoms with van der Waals surface area (Å²) in [5.41, 5.74) is 5.72. The monoisotopic (exact) mass is 676 g/mol.